The molecule has 0 saturated carbocycles. The Labute approximate surface area is 134 Å². The summed E-state index contributed by atoms with van der Waals surface area (Å²) < 4.78 is 1.95. The van der Waals surface area contributed by atoms with Gasteiger partial charge in [0.05, 0.1) is 6.20 Å². The number of benzene rings is 1. The van der Waals surface area contributed by atoms with Crippen LogP contribution in [0.25, 0.3) is 5.69 Å². The van der Waals surface area contributed by atoms with Crippen molar-refractivity contribution in [2.45, 2.75) is 5.16 Å². The van der Waals surface area contributed by atoms with E-state index in [9.17, 15) is 4.79 Å². The highest BCUT2D eigenvalue weighted by atomic mass is 32.2. The van der Waals surface area contributed by atoms with Crippen LogP contribution >= 0.6 is 11.8 Å². The molecule has 22 heavy (non-hydrogen) atoms. The van der Waals surface area contributed by atoms with Crippen molar-refractivity contribution in [2.24, 2.45) is 0 Å². The van der Waals surface area contributed by atoms with E-state index in [-0.39, 0.29) is 5.91 Å². The third kappa shape index (κ3) is 2.89. The lowest BCUT2D eigenvalue weighted by atomic mass is 10.2. The van der Waals surface area contributed by atoms with Gasteiger partial charge in [-0.25, -0.2) is 4.98 Å². The van der Waals surface area contributed by atoms with Crippen LogP contribution in [0.1, 0.15) is 10.5 Å². The number of hydrogen-bond donors (Lipinski definition) is 0. The number of rotatable bonds is 3. The van der Waals surface area contributed by atoms with E-state index in [2.05, 4.69) is 16.9 Å². The highest BCUT2D eigenvalue weighted by molar-refractivity contribution is 7.98. The summed E-state index contributed by atoms with van der Waals surface area (Å²) in [6.07, 6.45) is 3.67. The summed E-state index contributed by atoms with van der Waals surface area (Å²) >= 11 is 1.55. The Balaban J connectivity index is 1.94. The molecule has 0 N–H and O–H groups in total. The van der Waals surface area contributed by atoms with Crippen LogP contribution in [0.15, 0.2) is 41.7 Å². The summed E-state index contributed by atoms with van der Waals surface area (Å²) in [6, 6.07) is 9.93. The molecule has 0 aliphatic carbocycles. The molecule has 1 aliphatic heterocycles. The number of carbonyl (C=O) groups excluding carboxylic acids is 1. The second kappa shape index (κ2) is 6.54. The van der Waals surface area contributed by atoms with Crippen molar-refractivity contribution in [3.63, 3.8) is 0 Å². The Hall–Kier alpha value is -1.79. The number of thioether (sulfide) groups is 1. The summed E-state index contributed by atoms with van der Waals surface area (Å²) in [5.74, 6) is 0.0600. The molecule has 2 aromatic rings. The van der Waals surface area contributed by atoms with E-state index in [4.69, 9.17) is 0 Å². The van der Waals surface area contributed by atoms with Crippen molar-refractivity contribution in [2.75, 3.05) is 39.5 Å². The molecule has 0 bridgehead atoms. The van der Waals surface area contributed by atoms with Crippen LogP contribution in [0.2, 0.25) is 0 Å². The van der Waals surface area contributed by atoms with Gasteiger partial charge in [-0.1, -0.05) is 30.0 Å². The second-order valence-corrected chi connectivity index (χ2v) is 6.17. The standard InChI is InChI=1S/C16H20N4OS/c1-18-8-10-19(11-9-18)15(21)14-12-17-16(22-2)20(14)13-6-4-3-5-7-13/h3-7,12H,8-11H2,1-2H3. The molecule has 0 unspecified atom stereocenters. The van der Waals surface area contributed by atoms with Crippen molar-refractivity contribution < 1.29 is 4.79 Å². The van der Waals surface area contributed by atoms with Crippen LogP contribution in [-0.2, 0) is 0 Å². The monoisotopic (exact) mass is 316 g/mol. The fraction of sp³-hybridized carbons (Fsp3) is 0.375. The SMILES string of the molecule is CSc1ncc(C(=O)N2CCN(C)CC2)n1-c1ccccc1. The van der Waals surface area contributed by atoms with E-state index in [0.29, 0.717) is 5.69 Å². The van der Waals surface area contributed by atoms with Crippen LogP contribution < -0.4 is 0 Å². The Morgan fingerprint density at radius 2 is 1.82 bits per heavy atom. The summed E-state index contributed by atoms with van der Waals surface area (Å²) in [4.78, 5) is 21.4. The van der Waals surface area contributed by atoms with E-state index in [0.717, 1.165) is 37.0 Å². The fourth-order valence-corrected chi connectivity index (χ4v) is 3.17. The van der Waals surface area contributed by atoms with Crippen molar-refractivity contribution >= 4 is 17.7 Å². The molecule has 1 aliphatic rings. The molecular weight excluding hydrogens is 296 g/mol. The average molecular weight is 316 g/mol. The van der Waals surface area contributed by atoms with Crippen LogP contribution in [-0.4, -0.2) is 64.7 Å². The number of para-hydroxylation sites is 1. The van der Waals surface area contributed by atoms with Crippen LogP contribution in [0, 0.1) is 0 Å². The fourth-order valence-electron chi connectivity index (χ4n) is 2.63. The van der Waals surface area contributed by atoms with Gasteiger partial charge in [-0.3, -0.25) is 9.36 Å². The topological polar surface area (TPSA) is 41.4 Å². The van der Waals surface area contributed by atoms with Gasteiger partial charge in [-0.2, -0.15) is 0 Å². The predicted molar refractivity (Wildman–Crippen MR) is 88.7 cm³/mol. The van der Waals surface area contributed by atoms with E-state index >= 15 is 0 Å². The first-order chi connectivity index (χ1) is 10.7. The maximum absolute atomic E-state index is 12.9. The summed E-state index contributed by atoms with van der Waals surface area (Å²) in [5, 5.41) is 0.837. The van der Waals surface area contributed by atoms with E-state index < -0.39 is 0 Å². The number of piperazine rings is 1. The lowest BCUT2D eigenvalue weighted by molar-refractivity contribution is 0.0655. The summed E-state index contributed by atoms with van der Waals surface area (Å²) in [7, 11) is 2.09. The van der Waals surface area contributed by atoms with Gasteiger partial charge < -0.3 is 9.80 Å². The van der Waals surface area contributed by atoms with Crippen molar-refractivity contribution in [3.05, 3.63) is 42.2 Å². The third-order valence-corrected chi connectivity index (χ3v) is 4.59. The molecule has 3 rings (SSSR count). The largest absolute Gasteiger partial charge is 0.335 e. The quantitative estimate of drug-likeness (QED) is 0.812. The molecule has 1 saturated heterocycles. The third-order valence-electron chi connectivity index (χ3n) is 3.94. The van der Waals surface area contributed by atoms with Gasteiger partial charge in [-0.05, 0) is 25.4 Å². The second-order valence-electron chi connectivity index (χ2n) is 5.40. The molecule has 6 heteroatoms. The van der Waals surface area contributed by atoms with Crippen molar-refractivity contribution in [1.29, 1.82) is 0 Å². The number of imidazole rings is 1. The van der Waals surface area contributed by atoms with Gasteiger partial charge >= 0.3 is 0 Å². The van der Waals surface area contributed by atoms with E-state index in [1.807, 2.05) is 46.1 Å². The zero-order valence-electron chi connectivity index (χ0n) is 12.9. The van der Waals surface area contributed by atoms with Gasteiger partial charge in [0.2, 0.25) is 0 Å². The molecule has 2 heterocycles. The smallest absolute Gasteiger partial charge is 0.272 e. The number of aromatic nitrogens is 2. The summed E-state index contributed by atoms with van der Waals surface area (Å²) in [6.45, 7) is 3.37. The minimum atomic E-state index is 0.0600. The van der Waals surface area contributed by atoms with Gasteiger partial charge in [0, 0.05) is 31.9 Å². The van der Waals surface area contributed by atoms with Crippen molar-refractivity contribution in [3.8, 4) is 5.69 Å². The van der Waals surface area contributed by atoms with Gasteiger partial charge in [0.25, 0.3) is 5.91 Å². The number of amides is 1. The highest BCUT2D eigenvalue weighted by Gasteiger charge is 2.25. The molecule has 0 spiro atoms. The Morgan fingerprint density at radius 3 is 2.45 bits per heavy atom. The average Bonchev–Trinajstić information content (AvgIpc) is 2.99. The van der Waals surface area contributed by atoms with E-state index in [1.54, 1.807) is 18.0 Å². The maximum atomic E-state index is 12.9. The molecule has 1 fully saturated rings. The zero-order valence-corrected chi connectivity index (χ0v) is 13.7. The molecule has 116 valence electrons. The molecule has 1 aromatic heterocycles. The molecule has 0 atom stereocenters. The maximum Gasteiger partial charge on any atom is 0.272 e. The minimum absolute atomic E-state index is 0.0600. The Kier molecular flexibility index (Phi) is 4.49. The first-order valence-corrected chi connectivity index (χ1v) is 8.58. The summed E-state index contributed by atoms with van der Waals surface area (Å²) in [5.41, 5.74) is 1.61. The zero-order chi connectivity index (χ0) is 15.5. The van der Waals surface area contributed by atoms with Crippen LogP contribution in [0.3, 0.4) is 0 Å². The van der Waals surface area contributed by atoms with Gasteiger partial charge in [0.1, 0.15) is 5.69 Å². The molecule has 1 aromatic carbocycles. The first-order valence-electron chi connectivity index (χ1n) is 7.35. The minimum Gasteiger partial charge on any atom is -0.335 e. The molecule has 0 radical (unpaired) electrons. The lowest BCUT2D eigenvalue weighted by Gasteiger charge is -2.32. The number of nitrogens with zero attached hydrogens (tertiary/aromatic N) is 4. The lowest BCUT2D eigenvalue weighted by Crippen LogP contribution is -2.47. The Bertz CT molecular complexity index is 647. The Morgan fingerprint density at radius 1 is 1.14 bits per heavy atom. The molecule has 1 amide bonds. The number of likely N-dealkylation sites (N-methyl/N-ethyl adjacent to an activating group) is 1. The van der Waals surface area contributed by atoms with Crippen molar-refractivity contribution in [1.82, 2.24) is 19.4 Å². The van der Waals surface area contributed by atoms with Gasteiger partial charge in [0.15, 0.2) is 5.16 Å². The predicted octanol–water partition coefficient (Wildman–Crippen LogP) is 1.98. The number of hydrogen-bond acceptors (Lipinski definition) is 4. The first kappa shape index (κ1) is 15.1. The number of carbonyl (C=O) groups is 1. The van der Waals surface area contributed by atoms with E-state index in [1.165, 1.54) is 0 Å². The molecular formula is C16H20N4OS. The normalized spacial score (nSPS) is 16.0. The van der Waals surface area contributed by atoms with Crippen LogP contribution in [0.5, 0.6) is 0 Å². The van der Waals surface area contributed by atoms with Crippen LogP contribution in [0.4, 0.5) is 0 Å². The highest BCUT2D eigenvalue weighted by Crippen LogP contribution is 2.22. The van der Waals surface area contributed by atoms with Gasteiger partial charge in [-0.15, -0.1) is 0 Å². The molecule has 5 nitrogen and oxygen atoms in total.